The number of aliphatic imine (C=N–C) groups is 1. The van der Waals surface area contributed by atoms with Gasteiger partial charge in [-0.15, -0.1) is 0 Å². The molecule has 0 bridgehead atoms. The monoisotopic (exact) mass is 276 g/mol. The summed E-state index contributed by atoms with van der Waals surface area (Å²) in [7, 11) is -1.03. The third-order valence-corrected chi connectivity index (χ3v) is 4.42. The summed E-state index contributed by atoms with van der Waals surface area (Å²) in [6, 6.07) is 0.344. The molecule has 1 heterocycles. The lowest BCUT2D eigenvalue weighted by molar-refractivity contribution is 0.299. The number of rotatable bonds is 4. The van der Waals surface area contributed by atoms with Gasteiger partial charge in [0.2, 0.25) is 0 Å². The maximum absolute atomic E-state index is 11.3. The van der Waals surface area contributed by atoms with Crippen molar-refractivity contribution in [2.24, 2.45) is 4.99 Å². The van der Waals surface area contributed by atoms with Crippen LogP contribution in [0.4, 0.5) is 0 Å². The fourth-order valence-electron chi connectivity index (χ4n) is 1.77. The van der Waals surface area contributed by atoms with Crippen molar-refractivity contribution in [3.63, 3.8) is 0 Å². The Bertz CT molecular complexity index is 365. The van der Waals surface area contributed by atoms with Crippen molar-refractivity contribution in [2.75, 3.05) is 44.7 Å². The van der Waals surface area contributed by atoms with Crippen molar-refractivity contribution in [2.45, 2.75) is 19.9 Å². The van der Waals surface area contributed by atoms with Gasteiger partial charge < -0.3 is 10.6 Å². The SMILES string of the molecule is CN=C(NCCN1CCS(=O)(=O)CC1)NC(C)C. The van der Waals surface area contributed by atoms with Crippen LogP contribution in [0.2, 0.25) is 0 Å². The smallest absolute Gasteiger partial charge is 0.191 e. The lowest BCUT2D eigenvalue weighted by atomic mass is 10.4. The van der Waals surface area contributed by atoms with Crippen molar-refractivity contribution >= 4 is 15.8 Å². The van der Waals surface area contributed by atoms with Gasteiger partial charge in [-0.3, -0.25) is 9.89 Å². The Hall–Kier alpha value is -0.820. The Labute approximate surface area is 110 Å². The van der Waals surface area contributed by atoms with E-state index >= 15 is 0 Å². The molecule has 1 aliphatic heterocycles. The van der Waals surface area contributed by atoms with Crippen LogP contribution in [-0.2, 0) is 9.84 Å². The maximum atomic E-state index is 11.3. The van der Waals surface area contributed by atoms with Crippen molar-refractivity contribution in [1.82, 2.24) is 15.5 Å². The van der Waals surface area contributed by atoms with Crippen LogP contribution in [-0.4, -0.2) is 70.1 Å². The first-order valence-electron chi connectivity index (χ1n) is 6.33. The lowest BCUT2D eigenvalue weighted by Gasteiger charge is -2.26. The van der Waals surface area contributed by atoms with E-state index in [9.17, 15) is 8.42 Å². The van der Waals surface area contributed by atoms with Crippen LogP contribution in [0.5, 0.6) is 0 Å². The minimum absolute atomic E-state index is 0.284. The highest BCUT2D eigenvalue weighted by molar-refractivity contribution is 7.91. The van der Waals surface area contributed by atoms with Gasteiger partial charge in [0.25, 0.3) is 0 Å². The van der Waals surface area contributed by atoms with E-state index in [2.05, 4.69) is 34.4 Å². The van der Waals surface area contributed by atoms with Crippen LogP contribution in [0.15, 0.2) is 4.99 Å². The summed E-state index contributed by atoms with van der Waals surface area (Å²) in [5.74, 6) is 1.35. The summed E-state index contributed by atoms with van der Waals surface area (Å²) in [6.07, 6.45) is 0. The third kappa shape index (κ3) is 5.68. The molecule has 1 aliphatic rings. The summed E-state index contributed by atoms with van der Waals surface area (Å²) in [5.41, 5.74) is 0. The Balaban J connectivity index is 2.22. The summed E-state index contributed by atoms with van der Waals surface area (Å²) in [4.78, 5) is 6.28. The molecule has 0 amide bonds. The van der Waals surface area contributed by atoms with Crippen LogP contribution in [0, 0.1) is 0 Å². The second kappa shape index (κ2) is 6.94. The summed E-state index contributed by atoms with van der Waals surface area (Å²) in [6.45, 7) is 7.01. The first-order chi connectivity index (χ1) is 8.43. The molecule has 7 heteroatoms. The molecule has 0 aromatic carbocycles. The zero-order valence-corrected chi connectivity index (χ0v) is 12.3. The standard InChI is InChI=1S/C11H24N4O2S/c1-10(2)14-11(12-3)13-4-5-15-6-8-18(16,17)9-7-15/h10H,4-9H2,1-3H3,(H2,12,13,14). The number of nitrogens with zero attached hydrogens (tertiary/aromatic N) is 2. The molecule has 1 fully saturated rings. The number of guanidine groups is 1. The van der Waals surface area contributed by atoms with Gasteiger partial charge in [-0.05, 0) is 13.8 Å². The molecular formula is C11H24N4O2S. The van der Waals surface area contributed by atoms with Crippen LogP contribution < -0.4 is 10.6 Å². The Morgan fingerprint density at radius 3 is 2.44 bits per heavy atom. The molecular weight excluding hydrogens is 252 g/mol. The topological polar surface area (TPSA) is 73.8 Å². The van der Waals surface area contributed by atoms with Crippen molar-refractivity contribution < 1.29 is 8.42 Å². The zero-order chi connectivity index (χ0) is 13.6. The van der Waals surface area contributed by atoms with E-state index < -0.39 is 9.84 Å². The quantitative estimate of drug-likeness (QED) is 0.524. The average molecular weight is 276 g/mol. The van der Waals surface area contributed by atoms with Crippen LogP contribution in [0.25, 0.3) is 0 Å². The highest BCUT2D eigenvalue weighted by Crippen LogP contribution is 2.02. The molecule has 106 valence electrons. The van der Waals surface area contributed by atoms with E-state index in [1.54, 1.807) is 7.05 Å². The van der Waals surface area contributed by atoms with E-state index in [0.717, 1.165) is 19.0 Å². The van der Waals surface area contributed by atoms with Gasteiger partial charge in [-0.2, -0.15) is 0 Å². The van der Waals surface area contributed by atoms with Gasteiger partial charge in [0.05, 0.1) is 11.5 Å². The number of hydrogen-bond acceptors (Lipinski definition) is 4. The van der Waals surface area contributed by atoms with Crippen LogP contribution in [0.1, 0.15) is 13.8 Å². The lowest BCUT2D eigenvalue weighted by Crippen LogP contribution is -2.47. The molecule has 1 saturated heterocycles. The number of sulfone groups is 1. The molecule has 0 saturated carbocycles. The summed E-state index contributed by atoms with van der Waals surface area (Å²) >= 11 is 0. The Morgan fingerprint density at radius 2 is 1.94 bits per heavy atom. The molecule has 0 aliphatic carbocycles. The van der Waals surface area contributed by atoms with E-state index in [4.69, 9.17) is 0 Å². The minimum Gasteiger partial charge on any atom is -0.355 e. The second-order valence-corrected chi connectivity index (χ2v) is 7.10. The minimum atomic E-state index is -2.78. The fraction of sp³-hybridized carbons (Fsp3) is 0.909. The molecule has 0 atom stereocenters. The molecule has 0 aromatic heterocycles. The first kappa shape index (κ1) is 15.2. The van der Waals surface area contributed by atoms with E-state index in [1.807, 2.05) is 0 Å². The Morgan fingerprint density at radius 1 is 1.33 bits per heavy atom. The van der Waals surface area contributed by atoms with E-state index in [1.165, 1.54) is 0 Å². The van der Waals surface area contributed by atoms with Crippen molar-refractivity contribution in [3.05, 3.63) is 0 Å². The molecule has 0 unspecified atom stereocenters. The highest BCUT2D eigenvalue weighted by Gasteiger charge is 2.20. The van der Waals surface area contributed by atoms with Crippen molar-refractivity contribution in [1.29, 1.82) is 0 Å². The second-order valence-electron chi connectivity index (χ2n) is 4.79. The van der Waals surface area contributed by atoms with Gasteiger partial charge in [0.1, 0.15) is 0 Å². The van der Waals surface area contributed by atoms with Gasteiger partial charge in [-0.1, -0.05) is 0 Å². The zero-order valence-electron chi connectivity index (χ0n) is 11.4. The summed E-state index contributed by atoms with van der Waals surface area (Å²) < 4.78 is 22.5. The predicted molar refractivity (Wildman–Crippen MR) is 74.7 cm³/mol. The fourth-order valence-corrected chi connectivity index (χ4v) is 3.05. The number of hydrogen-bond donors (Lipinski definition) is 2. The van der Waals surface area contributed by atoms with Gasteiger partial charge in [0, 0.05) is 39.3 Å². The van der Waals surface area contributed by atoms with Crippen molar-refractivity contribution in [3.8, 4) is 0 Å². The average Bonchev–Trinajstić information content (AvgIpc) is 2.29. The van der Waals surface area contributed by atoms with Gasteiger partial charge in [0.15, 0.2) is 15.8 Å². The predicted octanol–water partition coefficient (Wildman–Crippen LogP) is -0.710. The first-order valence-corrected chi connectivity index (χ1v) is 8.15. The van der Waals surface area contributed by atoms with Crippen LogP contribution in [0.3, 0.4) is 0 Å². The highest BCUT2D eigenvalue weighted by atomic mass is 32.2. The normalized spacial score (nSPS) is 21.0. The largest absolute Gasteiger partial charge is 0.355 e. The Kier molecular flexibility index (Phi) is 5.87. The van der Waals surface area contributed by atoms with E-state index in [-0.39, 0.29) is 11.5 Å². The molecule has 2 N–H and O–H groups in total. The number of nitrogens with one attached hydrogen (secondary N) is 2. The molecule has 18 heavy (non-hydrogen) atoms. The molecule has 0 radical (unpaired) electrons. The molecule has 0 spiro atoms. The third-order valence-electron chi connectivity index (χ3n) is 2.81. The van der Waals surface area contributed by atoms with Gasteiger partial charge in [-0.25, -0.2) is 8.42 Å². The maximum Gasteiger partial charge on any atom is 0.191 e. The molecule has 6 nitrogen and oxygen atoms in total. The van der Waals surface area contributed by atoms with Crippen LogP contribution >= 0.6 is 0 Å². The molecule has 0 aromatic rings. The van der Waals surface area contributed by atoms with Gasteiger partial charge >= 0.3 is 0 Å². The van der Waals surface area contributed by atoms with E-state index in [0.29, 0.717) is 19.1 Å². The summed E-state index contributed by atoms with van der Waals surface area (Å²) in [5, 5.41) is 6.42. The molecule has 1 rings (SSSR count).